The van der Waals surface area contributed by atoms with Crippen LogP contribution in [0.1, 0.15) is 12.8 Å². The van der Waals surface area contributed by atoms with E-state index in [4.69, 9.17) is 0 Å². The van der Waals surface area contributed by atoms with E-state index in [1.165, 1.54) is 0 Å². The molecule has 1 rings (SSSR count). The number of dihydropyridines is 1. The lowest BCUT2D eigenvalue weighted by Crippen LogP contribution is -2.08. The predicted octanol–water partition coefficient (Wildman–Crippen LogP) is 1.05. The normalized spacial score (nSPS) is 16.2. The summed E-state index contributed by atoms with van der Waals surface area (Å²) in [5.74, 6) is 0. The Morgan fingerprint density at radius 1 is 1.73 bits per heavy atom. The Balaban J connectivity index is 2.31. The highest BCUT2D eigenvalue weighted by molar-refractivity contribution is 5.95. The van der Waals surface area contributed by atoms with E-state index in [0.717, 1.165) is 18.7 Å². The van der Waals surface area contributed by atoms with Crippen LogP contribution in [-0.4, -0.2) is 23.7 Å². The number of nitrogens with zero attached hydrogens (tertiary/aromatic N) is 2. The maximum Gasteiger partial charge on any atom is 0.209 e. The zero-order valence-electron chi connectivity index (χ0n) is 6.19. The average Bonchev–Trinajstić information content (AvgIpc) is 2.03. The quantitative estimate of drug-likeness (QED) is 0.450. The molecular weight excluding hydrogens is 144 g/mol. The fraction of sp³-hybridized carbons (Fsp3) is 0.571. The van der Waals surface area contributed by atoms with Crippen molar-refractivity contribution in [3.8, 4) is 0 Å². The molecule has 0 N–H and O–H groups in total. The minimum Gasteiger partial charge on any atom is -0.289 e. The van der Waals surface area contributed by atoms with Crippen molar-refractivity contribution in [2.45, 2.75) is 12.8 Å². The van der Waals surface area contributed by atoms with E-state index in [1.54, 1.807) is 0 Å². The topological polar surface area (TPSA) is 55.5 Å². The molecule has 0 amide bonds. The molecule has 1 aliphatic heterocycles. The van der Waals surface area contributed by atoms with Crippen LogP contribution in [0.5, 0.6) is 0 Å². The second-order valence-electron chi connectivity index (χ2n) is 2.37. The van der Waals surface area contributed by atoms with Gasteiger partial charge in [0.05, 0.1) is 6.42 Å². The summed E-state index contributed by atoms with van der Waals surface area (Å²) >= 11 is 0. The van der Waals surface area contributed by atoms with Crippen molar-refractivity contribution in [1.82, 2.24) is 0 Å². The molecule has 0 saturated carbocycles. The standard InChI is InChI=1S/C7H10N2O2/c10-9(11)6-4-7-3-1-2-5-8-7/h1,3H,2,4-6H2. The van der Waals surface area contributed by atoms with Gasteiger partial charge < -0.3 is 0 Å². The number of aliphatic imine (C=N–C) groups is 1. The van der Waals surface area contributed by atoms with Gasteiger partial charge in [-0.1, -0.05) is 6.08 Å². The number of hydrogen-bond acceptors (Lipinski definition) is 3. The van der Waals surface area contributed by atoms with Crippen molar-refractivity contribution in [3.63, 3.8) is 0 Å². The van der Waals surface area contributed by atoms with Crippen LogP contribution in [0.2, 0.25) is 0 Å². The fourth-order valence-corrected chi connectivity index (χ4v) is 0.923. The van der Waals surface area contributed by atoms with Crippen molar-refractivity contribution in [2.75, 3.05) is 13.1 Å². The fourth-order valence-electron chi connectivity index (χ4n) is 0.923. The smallest absolute Gasteiger partial charge is 0.209 e. The highest BCUT2D eigenvalue weighted by Gasteiger charge is 2.02. The van der Waals surface area contributed by atoms with E-state index in [1.807, 2.05) is 12.2 Å². The molecule has 4 nitrogen and oxygen atoms in total. The van der Waals surface area contributed by atoms with Crippen LogP contribution in [0.15, 0.2) is 17.1 Å². The lowest BCUT2D eigenvalue weighted by atomic mass is 10.2. The molecule has 0 aromatic heterocycles. The van der Waals surface area contributed by atoms with Crippen molar-refractivity contribution >= 4 is 5.71 Å². The van der Waals surface area contributed by atoms with E-state index >= 15 is 0 Å². The summed E-state index contributed by atoms with van der Waals surface area (Å²) < 4.78 is 0. The molecule has 0 unspecified atom stereocenters. The Labute approximate surface area is 64.8 Å². The van der Waals surface area contributed by atoms with E-state index in [-0.39, 0.29) is 11.5 Å². The van der Waals surface area contributed by atoms with Gasteiger partial charge in [0.2, 0.25) is 6.54 Å². The third-order valence-corrected chi connectivity index (χ3v) is 1.47. The molecule has 0 aromatic carbocycles. The SMILES string of the molecule is O=[N+]([O-])CCC1=NCCC=C1. The van der Waals surface area contributed by atoms with Crippen molar-refractivity contribution in [1.29, 1.82) is 0 Å². The summed E-state index contributed by atoms with van der Waals surface area (Å²) in [6, 6.07) is 0. The second kappa shape index (κ2) is 3.85. The molecule has 0 bridgehead atoms. The molecule has 1 aliphatic rings. The van der Waals surface area contributed by atoms with Crippen molar-refractivity contribution < 1.29 is 4.92 Å². The van der Waals surface area contributed by atoms with Crippen LogP contribution in [0.25, 0.3) is 0 Å². The van der Waals surface area contributed by atoms with Crippen LogP contribution in [0.4, 0.5) is 0 Å². The summed E-state index contributed by atoms with van der Waals surface area (Å²) in [6.45, 7) is 0.771. The Morgan fingerprint density at radius 2 is 2.55 bits per heavy atom. The predicted molar refractivity (Wildman–Crippen MR) is 42.5 cm³/mol. The van der Waals surface area contributed by atoms with Crippen LogP contribution >= 0.6 is 0 Å². The van der Waals surface area contributed by atoms with E-state index in [9.17, 15) is 10.1 Å². The molecule has 0 radical (unpaired) electrons. The van der Waals surface area contributed by atoms with Gasteiger partial charge in [-0.2, -0.15) is 0 Å². The van der Waals surface area contributed by atoms with E-state index in [0.29, 0.717) is 6.42 Å². The largest absolute Gasteiger partial charge is 0.289 e. The first kappa shape index (κ1) is 7.91. The van der Waals surface area contributed by atoms with Gasteiger partial charge in [-0.25, -0.2) is 0 Å². The highest BCUT2D eigenvalue weighted by Crippen LogP contribution is 1.99. The zero-order chi connectivity index (χ0) is 8.10. The summed E-state index contributed by atoms with van der Waals surface area (Å²) in [5.41, 5.74) is 0.855. The maximum atomic E-state index is 9.97. The Bertz CT molecular complexity index is 208. The maximum absolute atomic E-state index is 9.97. The van der Waals surface area contributed by atoms with E-state index in [2.05, 4.69) is 4.99 Å². The molecule has 11 heavy (non-hydrogen) atoms. The van der Waals surface area contributed by atoms with Gasteiger partial charge in [0.15, 0.2) is 0 Å². The summed E-state index contributed by atoms with van der Waals surface area (Å²) in [7, 11) is 0. The monoisotopic (exact) mass is 154 g/mol. The van der Waals surface area contributed by atoms with Gasteiger partial charge >= 0.3 is 0 Å². The molecule has 0 fully saturated rings. The first-order valence-corrected chi connectivity index (χ1v) is 3.61. The van der Waals surface area contributed by atoms with Gasteiger partial charge in [0.1, 0.15) is 0 Å². The molecule has 4 heteroatoms. The number of allylic oxidation sites excluding steroid dienone is 1. The third kappa shape index (κ3) is 2.93. The lowest BCUT2D eigenvalue weighted by Gasteiger charge is -2.02. The minimum absolute atomic E-state index is 0.0107. The molecule has 0 aromatic rings. The van der Waals surface area contributed by atoms with Gasteiger partial charge in [0.25, 0.3) is 0 Å². The number of hydrogen-bond donors (Lipinski definition) is 0. The summed E-state index contributed by atoms with van der Waals surface area (Å²) in [5, 5.41) is 9.97. The third-order valence-electron chi connectivity index (χ3n) is 1.47. The molecule has 1 heterocycles. The molecule has 0 saturated heterocycles. The van der Waals surface area contributed by atoms with Crippen LogP contribution < -0.4 is 0 Å². The number of rotatable bonds is 3. The zero-order valence-corrected chi connectivity index (χ0v) is 6.19. The van der Waals surface area contributed by atoms with Crippen LogP contribution in [0.3, 0.4) is 0 Å². The van der Waals surface area contributed by atoms with Crippen LogP contribution in [-0.2, 0) is 0 Å². The molecular formula is C7H10N2O2. The Morgan fingerprint density at radius 3 is 3.09 bits per heavy atom. The molecule has 0 atom stereocenters. The van der Waals surface area contributed by atoms with E-state index < -0.39 is 0 Å². The molecule has 0 spiro atoms. The van der Waals surface area contributed by atoms with Gasteiger partial charge in [-0.3, -0.25) is 15.1 Å². The van der Waals surface area contributed by atoms with Gasteiger partial charge in [-0.15, -0.1) is 0 Å². The summed E-state index contributed by atoms with van der Waals surface area (Å²) in [4.78, 5) is 13.8. The minimum atomic E-state index is -0.315. The van der Waals surface area contributed by atoms with Gasteiger partial charge in [0, 0.05) is 17.2 Å². The average molecular weight is 154 g/mol. The highest BCUT2D eigenvalue weighted by atomic mass is 16.6. The second-order valence-corrected chi connectivity index (χ2v) is 2.37. The molecule has 60 valence electrons. The molecule has 0 aliphatic carbocycles. The summed E-state index contributed by atoms with van der Waals surface area (Å²) in [6.07, 6.45) is 5.29. The van der Waals surface area contributed by atoms with Crippen LogP contribution in [0, 0.1) is 10.1 Å². The first-order chi connectivity index (χ1) is 5.29. The van der Waals surface area contributed by atoms with Crippen molar-refractivity contribution in [2.24, 2.45) is 4.99 Å². The lowest BCUT2D eigenvalue weighted by molar-refractivity contribution is -0.478. The Hall–Kier alpha value is -1.19. The first-order valence-electron chi connectivity index (χ1n) is 3.61. The number of nitro groups is 1. The van der Waals surface area contributed by atoms with Gasteiger partial charge in [-0.05, 0) is 12.5 Å². The van der Waals surface area contributed by atoms with Crippen molar-refractivity contribution in [3.05, 3.63) is 22.3 Å². The Kier molecular flexibility index (Phi) is 2.77.